The van der Waals surface area contributed by atoms with Gasteiger partial charge >= 0.3 is 11.9 Å². The van der Waals surface area contributed by atoms with Crippen molar-refractivity contribution in [3.63, 3.8) is 0 Å². The Bertz CT molecular complexity index is 2930. The third-order valence-electron chi connectivity index (χ3n) is 25.0. The third-order valence-corrected chi connectivity index (χ3v) is 25.0. The van der Waals surface area contributed by atoms with Gasteiger partial charge in [-0.1, -0.05) is 53.2 Å². The Morgan fingerprint density at radius 2 is 1.12 bits per heavy atom. The molecule has 5 aliphatic carbocycles. The number of carbonyl (C=O) groups is 4. The van der Waals surface area contributed by atoms with Gasteiger partial charge < -0.3 is 159 Å². The van der Waals surface area contributed by atoms with Crippen molar-refractivity contribution in [2.24, 2.45) is 50.2 Å². The van der Waals surface area contributed by atoms with Crippen molar-refractivity contribution in [1.82, 2.24) is 5.32 Å². The molecule has 19 N–H and O–H groups in total. The van der Waals surface area contributed by atoms with Crippen molar-refractivity contribution in [3.8, 4) is 0 Å². The maximum atomic E-state index is 15.8. The summed E-state index contributed by atoms with van der Waals surface area (Å²) in [6.07, 6.45) is -45.2. The number of hydrogen-bond donors (Lipinski definition) is 19. The van der Waals surface area contributed by atoms with Crippen LogP contribution >= 0.6 is 0 Å². The Morgan fingerprint density at radius 3 is 1.72 bits per heavy atom. The zero-order valence-electron chi connectivity index (χ0n) is 56.3. The van der Waals surface area contributed by atoms with Gasteiger partial charge in [0.25, 0.3) is 0 Å². The van der Waals surface area contributed by atoms with Gasteiger partial charge in [-0.2, -0.15) is 0 Å². The molecule has 37 atom stereocenters. The van der Waals surface area contributed by atoms with E-state index in [9.17, 15) is 106 Å². The number of amides is 1. The van der Waals surface area contributed by atoms with E-state index in [1.54, 1.807) is 6.92 Å². The van der Waals surface area contributed by atoms with Gasteiger partial charge in [0.15, 0.2) is 43.7 Å². The van der Waals surface area contributed by atoms with Gasteiger partial charge in [0.2, 0.25) is 12.2 Å². The number of aldehydes is 1. The SMILES string of the molecule is CC1(C)CC[C@]2(C(=O)O[C@@H]3OC(CO)[C@H](NC(=O)CO[C@@H]4O[C@@H](CO)C(O)C4O)C(O)C3O[C@@H]3OC[C@@H](O)C(O)C3O)C(O)C[C@]3(C)C(=CCC4C5(C)CC[C@H](O[C@@H]6OC(C(=O)O)[C@@H](O)[C@H](O[C@@H]7OC[C@@H](O)[C@H](O)C7O)C6O[C@@H]6OC(CO)[C@H](O)[C@H](O)C6O)[C@](C)(C=O)[C@@H]5CC[C@@]43C)C2C1. The smallest absolute Gasteiger partial charge is 0.335 e. The molecular formula is C65H101NO34. The molecule has 0 aromatic rings. The monoisotopic (exact) mass is 1440 g/mol. The number of carbonyl (C=O) groups excluding carboxylic acids is 3. The average Bonchev–Trinajstić information content (AvgIpc) is 0.710. The first kappa shape index (κ1) is 77.8. The number of hydrogen-bond acceptors (Lipinski definition) is 33. The van der Waals surface area contributed by atoms with Crippen molar-refractivity contribution in [1.29, 1.82) is 0 Å². The molecule has 11 aliphatic rings. The third kappa shape index (κ3) is 13.3. The van der Waals surface area contributed by atoms with Crippen LogP contribution < -0.4 is 5.32 Å². The quantitative estimate of drug-likeness (QED) is 0.0247. The van der Waals surface area contributed by atoms with Crippen molar-refractivity contribution in [2.75, 3.05) is 39.6 Å². The lowest BCUT2D eigenvalue weighted by atomic mass is 9.33. The second-order valence-corrected chi connectivity index (χ2v) is 31.1. The summed E-state index contributed by atoms with van der Waals surface area (Å²) in [5, 5.41) is 198. The van der Waals surface area contributed by atoms with Crippen LogP contribution in [0.15, 0.2) is 11.6 Å². The molecule has 100 heavy (non-hydrogen) atoms. The Kier molecular flexibility index (Phi) is 22.9. The summed E-state index contributed by atoms with van der Waals surface area (Å²) >= 11 is 0. The number of aliphatic hydroxyl groups is 17. The van der Waals surface area contributed by atoms with E-state index < -0.39 is 280 Å². The number of aliphatic carboxylic acids is 1. The predicted molar refractivity (Wildman–Crippen MR) is 325 cm³/mol. The van der Waals surface area contributed by atoms with E-state index in [-0.39, 0.29) is 25.2 Å². The highest BCUT2D eigenvalue weighted by Gasteiger charge is 2.73. The molecule has 570 valence electrons. The summed E-state index contributed by atoms with van der Waals surface area (Å²) in [7, 11) is 0. The maximum Gasteiger partial charge on any atom is 0.335 e. The van der Waals surface area contributed by atoms with Crippen LogP contribution in [0.2, 0.25) is 0 Å². The molecule has 16 unspecified atom stereocenters. The van der Waals surface area contributed by atoms with Crippen LogP contribution in [0.4, 0.5) is 0 Å². The highest BCUT2D eigenvalue weighted by atomic mass is 16.8. The fourth-order valence-corrected chi connectivity index (χ4v) is 18.9. The molecule has 0 radical (unpaired) electrons. The van der Waals surface area contributed by atoms with Gasteiger partial charge in [-0.05, 0) is 97.2 Å². The second-order valence-electron chi connectivity index (χ2n) is 31.1. The van der Waals surface area contributed by atoms with Crippen LogP contribution in [-0.2, 0) is 76.0 Å². The van der Waals surface area contributed by atoms with Gasteiger partial charge in [0, 0.05) is 0 Å². The number of aliphatic hydroxyl groups excluding tert-OH is 17. The molecule has 6 aliphatic heterocycles. The minimum atomic E-state index is -2.23. The molecule has 35 nitrogen and oxygen atoms in total. The topological polar surface area (TPSA) is 555 Å². The Morgan fingerprint density at radius 1 is 0.560 bits per heavy atom. The fraction of sp³-hybridized carbons (Fsp3) is 0.908. The Labute approximate surface area is 574 Å². The van der Waals surface area contributed by atoms with E-state index in [4.69, 9.17) is 56.8 Å². The zero-order chi connectivity index (χ0) is 73.0. The summed E-state index contributed by atoms with van der Waals surface area (Å²) in [5.74, 6) is -5.21. The molecule has 11 rings (SSSR count). The number of rotatable bonds is 19. The number of esters is 1. The number of carboxylic acid groups (broad SMARTS) is 1. The molecule has 0 spiro atoms. The van der Waals surface area contributed by atoms with E-state index in [0.717, 1.165) is 11.9 Å². The first-order valence-electron chi connectivity index (χ1n) is 34.3. The molecule has 6 heterocycles. The van der Waals surface area contributed by atoms with Crippen LogP contribution in [-0.4, -0.2) is 334 Å². The lowest BCUT2D eigenvalue weighted by Gasteiger charge is -2.71. The van der Waals surface area contributed by atoms with E-state index in [1.165, 1.54) is 0 Å². The lowest BCUT2D eigenvalue weighted by Crippen LogP contribution is -2.70. The van der Waals surface area contributed by atoms with E-state index in [2.05, 4.69) is 32.2 Å². The largest absolute Gasteiger partial charge is 0.479 e. The van der Waals surface area contributed by atoms with Crippen molar-refractivity contribution < 1.29 is 168 Å². The predicted octanol–water partition coefficient (Wildman–Crippen LogP) is -7.11. The standard InChI is InChI=1S/C65H101NO34/c1-60(2)13-14-65(59(88)100-57-50(98-55-44(82)38(76)27(72)21-90-55)41(79)36(28(17-67)92-57)66-35(74)22-91-53-45(83)40(78)30(19-69)93-53)25(15-60)24-7-8-32-61(3)11-10-34(62(4,23-70)31(61)9-12-63(32,5)64(24,6)16-33(65)73)95-58-51(99-56-46(84)42(80)39(77)29(18-68)94-56)48(47(85)49(97-58)52(86)87)96-54-43(81)37(75)26(71)20-89-54/h7,23,25-34,36-51,53-58,67-69,71-73,75-85H,8-22H2,1-6H3,(H,66,74)(H,86,87)/t25?,26-,27-,28?,29?,30+,31-,32?,33?,34+,36+,37+,38?,39+,40?,41?,42+,43?,44?,45?,46?,47+,48+,49?,50?,51?,53-,54+,55+,56+,57+,58-,61?,62-,63+,64-,65-/m1/s1. The highest BCUT2D eigenvalue weighted by molar-refractivity contribution is 5.80. The molecule has 4 saturated carbocycles. The minimum absolute atomic E-state index is 0.000822. The Hall–Kier alpha value is -3.30. The highest BCUT2D eigenvalue weighted by Crippen LogP contribution is 2.76. The van der Waals surface area contributed by atoms with Gasteiger partial charge in [-0.15, -0.1) is 0 Å². The summed E-state index contributed by atoms with van der Waals surface area (Å²) in [6.45, 7) is 7.52. The van der Waals surface area contributed by atoms with Crippen LogP contribution in [0.1, 0.15) is 99.3 Å². The zero-order valence-corrected chi connectivity index (χ0v) is 56.3. The van der Waals surface area contributed by atoms with Crippen molar-refractivity contribution in [3.05, 3.63) is 11.6 Å². The summed E-state index contributed by atoms with van der Waals surface area (Å²) in [6, 6.07) is -1.62. The maximum absolute atomic E-state index is 15.8. The van der Waals surface area contributed by atoms with Gasteiger partial charge in [-0.3, -0.25) is 9.59 Å². The van der Waals surface area contributed by atoms with Crippen LogP contribution in [0.5, 0.6) is 0 Å². The minimum Gasteiger partial charge on any atom is -0.479 e. The lowest BCUT2D eigenvalue weighted by molar-refractivity contribution is -0.391. The van der Waals surface area contributed by atoms with Crippen LogP contribution in [0.25, 0.3) is 0 Å². The fourth-order valence-electron chi connectivity index (χ4n) is 18.9. The van der Waals surface area contributed by atoms with E-state index in [0.29, 0.717) is 38.5 Å². The molecule has 35 heteroatoms. The van der Waals surface area contributed by atoms with E-state index in [1.807, 2.05) is 13.8 Å². The summed E-state index contributed by atoms with van der Waals surface area (Å²) in [4.78, 5) is 56.5. The van der Waals surface area contributed by atoms with Crippen molar-refractivity contribution >= 4 is 24.1 Å². The summed E-state index contributed by atoms with van der Waals surface area (Å²) in [5.41, 5.74) is -5.04. The van der Waals surface area contributed by atoms with Gasteiger partial charge in [0.1, 0.15) is 128 Å². The molecular weight excluding hydrogens is 1340 g/mol. The first-order chi connectivity index (χ1) is 47.0. The number of fused-ring (bicyclic) bond motifs is 7. The number of carboxylic acids is 1. The molecule has 0 aromatic heterocycles. The Balaban J connectivity index is 0.869. The molecule has 1 amide bonds. The number of allylic oxidation sites excluding steroid dienone is 2. The average molecular weight is 1440 g/mol. The number of nitrogens with one attached hydrogen (secondary N) is 1. The normalized spacial score (nSPS) is 52.4. The molecule has 10 fully saturated rings. The van der Waals surface area contributed by atoms with E-state index >= 15 is 4.79 Å². The number of ether oxygens (including phenoxy) is 12. The van der Waals surface area contributed by atoms with Crippen LogP contribution in [0.3, 0.4) is 0 Å². The second kappa shape index (κ2) is 29.5. The van der Waals surface area contributed by atoms with Crippen LogP contribution in [0, 0.1) is 50.2 Å². The molecule has 6 saturated heterocycles. The van der Waals surface area contributed by atoms with Gasteiger partial charge in [0.05, 0.1) is 56.7 Å². The van der Waals surface area contributed by atoms with Crippen molar-refractivity contribution in [2.45, 2.75) is 277 Å². The first-order valence-corrected chi connectivity index (χ1v) is 34.3. The molecule has 0 bridgehead atoms. The van der Waals surface area contributed by atoms with Gasteiger partial charge in [-0.25, -0.2) is 4.79 Å². The molecule has 0 aromatic carbocycles. The summed E-state index contributed by atoms with van der Waals surface area (Å²) < 4.78 is 71.0.